The predicted molar refractivity (Wildman–Crippen MR) is 122 cm³/mol. The Morgan fingerprint density at radius 3 is 2.38 bits per heavy atom. The Morgan fingerprint density at radius 2 is 1.74 bits per heavy atom. The van der Waals surface area contributed by atoms with Crippen LogP contribution in [0.1, 0.15) is 33.1 Å². The Bertz CT molecular complexity index is 1270. The summed E-state index contributed by atoms with van der Waals surface area (Å²) in [6.45, 7) is 1.80. The molecule has 1 aromatic heterocycles. The van der Waals surface area contributed by atoms with Crippen molar-refractivity contribution in [3.63, 3.8) is 0 Å². The summed E-state index contributed by atoms with van der Waals surface area (Å²) in [6, 6.07) is 8.16. The highest BCUT2D eigenvalue weighted by Crippen LogP contribution is 2.40. The summed E-state index contributed by atoms with van der Waals surface area (Å²) in [5.41, 5.74) is 2.13. The summed E-state index contributed by atoms with van der Waals surface area (Å²) in [4.78, 5) is 26.3. The first-order valence-corrected chi connectivity index (χ1v) is 10.5. The van der Waals surface area contributed by atoms with E-state index in [0.29, 0.717) is 34.1 Å². The maximum Gasteiger partial charge on any atom is 0.252 e. The number of rotatable bonds is 6. The quantitative estimate of drug-likeness (QED) is 0.577. The van der Waals surface area contributed by atoms with Crippen molar-refractivity contribution < 1.29 is 28.2 Å². The second-order valence-corrected chi connectivity index (χ2v) is 7.85. The molecule has 10 heteroatoms. The number of hydrogen-bond acceptors (Lipinski definition) is 6. The lowest BCUT2D eigenvalue weighted by Gasteiger charge is -2.32. The molecule has 0 bridgehead atoms. The summed E-state index contributed by atoms with van der Waals surface area (Å²) in [5.74, 6) is -0.755. The number of amides is 2. The number of anilines is 1. The number of benzene rings is 2. The lowest BCUT2D eigenvalue weighted by atomic mass is 9.81. The van der Waals surface area contributed by atoms with E-state index in [0.717, 1.165) is 0 Å². The molecule has 0 unspecified atom stereocenters. The number of halogens is 1. The van der Waals surface area contributed by atoms with Gasteiger partial charge in [0, 0.05) is 24.1 Å². The van der Waals surface area contributed by atoms with Crippen molar-refractivity contribution in [1.82, 2.24) is 15.1 Å². The van der Waals surface area contributed by atoms with Crippen molar-refractivity contribution in [3.05, 3.63) is 64.6 Å². The first-order valence-electron chi connectivity index (χ1n) is 10.5. The Hall–Kier alpha value is -4.08. The van der Waals surface area contributed by atoms with Crippen LogP contribution in [-0.2, 0) is 11.8 Å². The minimum absolute atomic E-state index is 0.0815. The second-order valence-electron chi connectivity index (χ2n) is 7.85. The molecular weight excluding hydrogens is 443 g/mol. The number of nitrogens with zero attached hydrogens (tertiary/aromatic N) is 2. The van der Waals surface area contributed by atoms with E-state index in [4.69, 9.17) is 14.2 Å². The lowest BCUT2D eigenvalue weighted by molar-refractivity contribution is -0.118. The van der Waals surface area contributed by atoms with Crippen molar-refractivity contribution in [3.8, 4) is 17.2 Å². The normalized spacial score (nSPS) is 16.9. The van der Waals surface area contributed by atoms with Crippen molar-refractivity contribution in [1.29, 1.82) is 0 Å². The Kier molecular flexibility index (Phi) is 6.14. The molecule has 2 heterocycles. The monoisotopic (exact) mass is 468 g/mol. The third kappa shape index (κ3) is 3.91. The number of carbonyl (C=O) groups is 2. The molecule has 34 heavy (non-hydrogen) atoms. The minimum Gasteiger partial charge on any atom is -0.494 e. The van der Waals surface area contributed by atoms with E-state index in [-0.39, 0.29) is 11.3 Å². The molecule has 0 fully saturated rings. The summed E-state index contributed by atoms with van der Waals surface area (Å²) in [6.07, 6.45) is 0. The molecule has 9 nitrogen and oxygen atoms in total. The number of fused-ring (bicyclic) bond motifs is 1. The highest BCUT2D eigenvalue weighted by molar-refractivity contribution is 6.04. The number of methoxy groups -OCH3 is 3. The summed E-state index contributed by atoms with van der Waals surface area (Å²) < 4.78 is 31.7. The molecule has 4 rings (SSSR count). The summed E-state index contributed by atoms with van der Waals surface area (Å²) >= 11 is 0. The van der Waals surface area contributed by atoms with Crippen LogP contribution >= 0.6 is 0 Å². The standard InChI is InChI=1S/C24H25FN4O5/c1-12-19-20(13-6-8-16(32-3)15(25)10-13)21(24(31)27-22(19)29(2)28-12)26-23(30)14-7-9-17(33-4)18(11-14)34-5/h6-11,20-21H,1-5H3,(H,26,30)(H,27,31)/t20-,21-/m1/s1. The third-order valence-corrected chi connectivity index (χ3v) is 5.90. The van der Waals surface area contributed by atoms with E-state index >= 15 is 0 Å². The molecule has 1 aliphatic rings. The third-order valence-electron chi connectivity index (χ3n) is 5.90. The van der Waals surface area contributed by atoms with E-state index in [1.807, 2.05) is 0 Å². The first kappa shape index (κ1) is 23.1. The van der Waals surface area contributed by atoms with Crippen LogP contribution in [0.2, 0.25) is 0 Å². The molecule has 3 aromatic rings. The maximum atomic E-state index is 14.6. The van der Waals surface area contributed by atoms with Gasteiger partial charge in [-0.3, -0.25) is 14.3 Å². The molecule has 0 saturated carbocycles. The molecule has 0 radical (unpaired) electrons. The average molecular weight is 468 g/mol. The van der Waals surface area contributed by atoms with Crippen LogP contribution in [0.3, 0.4) is 0 Å². The zero-order chi connectivity index (χ0) is 24.6. The Balaban J connectivity index is 1.77. The zero-order valence-corrected chi connectivity index (χ0v) is 19.4. The topological polar surface area (TPSA) is 104 Å². The fourth-order valence-electron chi connectivity index (χ4n) is 4.29. The highest BCUT2D eigenvalue weighted by atomic mass is 19.1. The molecule has 2 N–H and O–H groups in total. The molecule has 2 amide bonds. The van der Waals surface area contributed by atoms with Gasteiger partial charge in [0.1, 0.15) is 11.9 Å². The van der Waals surface area contributed by atoms with Crippen molar-refractivity contribution in [2.45, 2.75) is 18.9 Å². The van der Waals surface area contributed by atoms with Crippen LogP contribution in [0.4, 0.5) is 10.2 Å². The second kappa shape index (κ2) is 9.05. The summed E-state index contributed by atoms with van der Waals surface area (Å²) in [7, 11) is 6.05. The lowest BCUT2D eigenvalue weighted by Crippen LogP contribution is -2.50. The van der Waals surface area contributed by atoms with Crippen molar-refractivity contribution in [2.75, 3.05) is 26.6 Å². The van der Waals surface area contributed by atoms with Gasteiger partial charge in [-0.05, 0) is 42.8 Å². The van der Waals surface area contributed by atoms with Crippen LogP contribution in [0, 0.1) is 12.7 Å². The molecule has 0 spiro atoms. The fourth-order valence-corrected chi connectivity index (χ4v) is 4.29. The predicted octanol–water partition coefficient (Wildman–Crippen LogP) is 2.78. The first-order chi connectivity index (χ1) is 16.3. The zero-order valence-electron chi connectivity index (χ0n) is 19.4. The van der Waals surface area contributed by atoms with Gasteiger partial charge in [-0.1, -0.05) is 6.07 Å². The largest absolute Gasteiger partial charge is 0.494 e. The SMILES string of the molecule is COc1ccc([C@@H]2c3c(C)nn(C)c3NC(=O)[C@@H]2NC(=O)c2ccc(OC)c(OC)c2)cc1F. The van der Waals surface area contributed by atoms with Crippen molar-refractivity contribution >= 4 is 17.6 Å². The van der Waals surface area contributed by atoms with E-state index in [2.05, 4.69) is 15.7 Å². The van der Waals surface area contributed by atoms with Gasteiger partial charge in [0.05, 0.1) is 27.0 Å². The molecule has 2 atom stereocenters. The Morgan fingerprint density at radius 1 is 1.06 bits per heavy atom. The van der Waals surface area contributed by atoms with Crippen LogP contribution in [0.15, 0.2) is 36.4 Å². The minimum atomic E-state index is -1.02. The molecule has 1 aliphatic heterocycles. The van der Waals surface area contributed by atoms with E-state index in [9.17, 15) is 14.0 Å². The number of aryl methyl sites for hydroxylation is 2. The Labute approximate surface area is 195 Å². The van der Waals surface area contributed by atoms with E-state index in [1.54, 1.807) is 36.9 Å². The van der Waals surface area contributed by atoms with Gasteiger partial charge < -0.3 is 24.8 Å². The number of nitrogens with one attached hydrogen (secondary N) is 2. The number of aromatic nitrogens is 2. The van der Waals surface area contributed by atoms with Gasteiger partial charge in [-0.15, -0.1) is 0 Å². The van der Waals surface area contributed by atoms with Gasteiger partial charge in [-0.2, -0.15) is 5.10 Å². The van der Waals surface area contributed by atoms with Crippen LogP contribution < -0.4 is 24.8 Å². The molecule has 0 aliphatic carbocycles. The molecule has 2 aromatic carbocycles. The van der Waals surface area contributed by atoms with Crippen LogP contribution in [0.5, 0.6) is 17.2 Å². The average Bonchev–Trinajstić information content (AvgIpc) is 3.11. The van der Waals surface area contributed by atoms with Gasteiger partial charge in [0.15, 0.2) is 23.1 Å². The van der Waals surface area contributed by atoms with E-state index < -0.39 is 29.6 Å². The van der Waals surface area contributed by atoms with Crippen LogP contribution in [0.25, 0.3) is 0 Å². The van der Waals surface area contributed by atoms with Gasteiger partial charge in [0.25, 0.3) is 5.91 Å². The van der Waals surface area contributed by atoms with Crippen molar-refractivity contribution in [2.24, 2.45) is 7.05 Å². The van der Waals surface area contributed by atoms with Gasteiger partial charge in [-0.25, -0.2) is 4.39 Å². The number of hydrogen-bond donors (Lipinski definition) is 2. The fraction of sp³-hybridized carbons (Fsp3) is 0.292. The number of ether oxygens (including phenoxy) is 3. The van der Waals surface area contributed by atoms with Gasteiger partial charge >= 0.3 is 0 Å². The highest BCUT2D eigenvalue weighted by Gasteiger charge is 2.41. The maximum absolute atomic E-state index is 14.6. The molecule has 0 saturated heterocycles. The number of carbonyl (C=O) groups excluding carboxylic acids is 2. The van der Waals surface area contributed by atoms with Gasteiger partial charge in [0.2, 0.25) is 5.91 Å². The summed E-state index contributed by atoms with van der Waals surface area (Å²) in [5, 5.41) is 10.0. The van der Waals surface area contributed by atoms with E-state index in [1.165, 1.54) is 39.5 Å². The smallest absolute Gasteiger partial charge is 0.252 e. The molecule has 178 valence electrons. The van der Waals surface area contributed by atoms with Crippen LogP contribution in [-0.4, -0.2) is 49.0 Å². The molecular formula is C24H25FN4O5.